The lowest BCUT2D eigenvalue weighted by atomic mass is 9.90. The van der Waals surface area contributed by atoms with Crippen molar-refractivity contribution in [2.24, 2.45) is 5.92 Å². The summed E-state index contributed by atoms with van der Waals surface area (Å²) in [6.07, 6.45) is 5.95. The summed E-state index contributed by atoms with van der Waals surface area (Å²) in [6.45, 7) is 0.484. The van der Waals surface area contributed by atoms with Gasteiger partial charge in [-0.1, -0.05) is 19.3 Å². The van der Waals surface area contributed by atoms with E-state index in [1.807, 2.05) is 0 Å². The van der Waals surface area contributed by atoms with Crippen LogP contribution < -0.4 is 4.74 Å². The Morgan fingerprint density at radius 1 is 1.12 bits per heavy atom. The Bertz CT molecular complexity index is 389. The van der Waals surface area contributed by atoms with Crippen molar-refractivity contribution >= 4 is 15.9 Å². The van der Waals surface area contributed by atoms with E-state index in [-0.39, 0.29) is 10.2 Å². The first-order valence-electron chi connectivity index (χ1n) is 5.94. The quantitative estimate of drug-likeness (QED) is 0.736. The van der Waals surface area contributed by atoms with E-state index in [4.69, 9.17) is 4.74 Å². The van der Waals surface area contributed by atoms with E-state index < -0.39 is 11.6 Å². The van der Waals surface area contributed by atoms with Crippen LogP contribution in [0.5, 0.6) is 5.75 Å². The molecule has 1 nitrogen and oxygen atoms in total. The van der Waals surface area contributed by atoms with Gasteiger partial charge < -0.3 is 4.74 Å². The van der Waals surface area contributed by atoms with Crippen molar-refractivity contribution < 1.29 is 13.5 Å². The summed E-state index contributed by atoms with van der Waals surface area (Å²) in [4.78, 5) is 0. The maximum absolute atomic E-state index is 13.5. The predicted octanol–water partition coefficient (Wildman–Crippen LogP) is 4.69. The highest BCUT2D eigenvalue weighted by atomic mass is 79.9. The Kier molecular flexibility index (Phi) is 4.37. The van der Waals surface area contributed by atoms with Crippen LogP contribution in [0.15, 0.2) is 16.6 Å². The summed E-state index contributed by atoms with van der Waals surface area (Å²) in [5, 5.41) is 0. The van der Waals surface area contributed by atoms with Gasteiger partial charge in [0, 0.05) is 6.07 Å². The minimum atomic E-state index is -0.519. The second kappa shape index (κ2) is 5.80. The van der Waals surface area contributed by atoms with Crippen LogP contribution in [-0.2, 0) is 0 Å². The zero-order chi connectivity index (χ0) is 12.3. The molecule has 0 atom stereocenters. The molecule has 1 fully saturated rings. The Hall–Kier alpha value is -0.640. The molecule has 1 aromatic rings. The molecule has 1 aliphatic rings. The van der Waals surface area contributed by atoms with E-state index in [0.29, 0.717) is 12.5 Å². The van der Waals surface area contributed by atoms with Gasteiger partial charge in [-0.2, -0.15) is 0 Å². The fourth-order valence-electron chi connectivity index (χ4n) is 2.18. The van der Waals surface area contributed by atoms with E-state index in [1.54, 1.807) is 0 Å². The molecule has 0 amide bonds. The van der Waals surface area contributed by atoms with Crippen LogP contribution in [0.25, 0.3) is 0 Å². The SMILES string of the molecule is Fc1cc(OCC2CCCCC2)c(F)cc1Br. The number of hydrogen-bond donors (Lipinski definition) is 0. The number of halogens is 3. The van der Waals surface area contributed by atoms with E-state index in [1.165, 1.54) is 19.3 Å². The lowest BCUT2D eigenvalue weighted by Gasteiger charge is -2.21. The second-order valence-electron chi connectivity index (χ2n) is 4.51. The monoisotopic (exact) mass is 304 g/mol. The van der Waals surface area contributed by atoms with Gasteiger partial charge in [0.25, 0.3) is 0 Å². The van der Waals surface area contributed by atoms with Gasteiger partial charge in [0.05, 0.1) is 11.1 Å². The minimum absolute atomic E-state index is 0.0104. The first-order chi connectivity index (χ1) is 8.16. The summed E-state index contributed by atoms with van der Waals surface area (Å²) < 4.78 is 32.2. The maximum Gasteiger partial charge on any atom is 0.166 e. The van der Waals surface area contributed by atoms with Gasteiger partial charge in [0.15, 0.2) is 11.6 Å². The smallest absolute Gasteiger partial charge is 0.166 e. The molecule has 0 spiro atoms. The highest BCUT2D eigenvalue weighted by Crippen LogP contribution is 2.28. The Labute approximate surface area is 108 Å². The highest BCUT2D eigenvalue weighted by Gasteiger charge is 2.16. The van der Waals surface area contributed by atoms with Crippen molar-refractivity contribution in [1.29, 1.82) is 0 Å². The molecule has 0 unspecified atom stereocenters. The Balaban J connectivity index is 1.96. The zero-order valence-corrected chi connectivity index (χ0v) is 11.1. The van der Waals surface area contributed by atoms with E-state index >= 15 is 0 Å². The summed E-state index contributed by atoms with van der Waals surface area (Å²) in [5.74, 6) is -0.523. The van der Waals surface area contributed by atoms with Crippen LogP contribution in [0.3, 0.4) is 0 Å². The van der Waals surface area contributed by atoms with Crippen LogP contribution in [0.1, 0.15) is 32.1 Å². The molecular weight excluding hydrogens is 290 g/mol. The molecular formula is C13H15BrF2O. The van der Waals surface area contributed by atoms with Crippen LogP contribution in [-0.4, -0.2) is 6.61 Å². The van der Waals surface area contributed by atoms with E-state index in [0.717, 1.165) is 25.0 Å². The van der Waals surface area contributed by atoms with Gasteiger partial charge in [-0.3, -0.25) is 0 Å². The topological polar surface area (TPSA) is 9.23 Å². The zero-order valence-electron chi connectivity index (χ0n) is 9.52. The lowest BCUT2D eigenvalue weighted by molar-refractivity contribution is 0.201. The molecule has 0 saturated heterocycles. The summed E-state index contributed by atoms with van der Waals surface area (Å²) in [6, 6.07) is 2.20. The van der Waals surface area contributed by atoms with Crippen LogP contribution in [0, 0.1) is 17.6 Å². The van der Waals surface area contributed by atoms with Crippen molar-refractivity contribution in [2.75, 3.05) is 6.61 Å². The van der Waals surface area contributed by atoms with Crippen LogP contribution in [0.2, 0.25) is 0 Å². The van der Waals surface area contributed by atoms with E-state index in [9.17, 15) is 8.78 Å². The molecule has 94 valence electrons. The van der Waals surface area contributed by atoms with Gasteiger partial charge >= 0.3 is 0 Å². The molecule has 1 saturated carbocycles. The Morgan fingerprint density at radius 3 is 2.53 bits per heavy atom. The van der Waals surface area contributed by atoms with Gasteiger partial charge in [0.1, 0.15) is 5.82 Å². The van der Waals surface area contributed by atoms with Crippen molar-refractivity contribution in [3.63, 3.8) is 0 Å². The van der Waals surface area contributed by atoms with Crippen LogP contribution >= 0.6 is 15.9 Å². The number of ether oxygens (including phenoxy) is 1. The molecule has 4 heteroatoms. The highest BCUT2D eigenvalue weighted by molar-refractivity contribution is 9.10. The lowest BCUT2D eigenvalue weighted by Crippen LogP contribution is -2.15. The molecule has 0 aliphatic heterocycles. The molecule has 2 rings (SSSR count). The normalized spacial score (nSPS) is 17.1. The maximum atomic E-state index is 13.5. The predicted molar refractivity (Wildman–Crippen MR) is 66.1 cm³/mol. The van der Waals surface area contributed by atoms with Crippen molar-refractivity contribution in [3.05, 3.63) is 28.2 Å². The third-order valence-electron chi connectivity index (χ3n) is 3.17. The van der Waals surface area contributed by atoms with Crippen molar-refractivity contribution in [1.82, 2.24) is 0 Å². The third-order valence-corrected chi connectivity index (χ3v) is 3.78. The van der Waals surface area contributed by atoms with Gasteiger partial charge in [-0.25, -0.2) is 8.78 Å². The van der Waals surface area contributed by atoms with Gasteiger partial charge in [-0.05, 0) is 40.8 Å². The molecule has 1 aromatic carbocycles. The average molecular weight is 305 g/mol. The van der Waals surface area contributed by atoms with Crippen molar-refractivity contribution in [2.45, 2.75) is 32.1 Å². The fraction of sp³-hybridized carbons (Fsp3) is 0.538. The van der Waals surface area contributed by atoms with E-state index in [2.05, 4.69) is 15.9 Å². The van der Waals surface area contributed by atoms with Gasteiger partial charge in [-0.15, -0.1) is 0 Å². The standard InChI is InChI=1S/C13H15BrF2O/c14-10-6-12(16)13(7-11(10)15)17-8-9-4-2-1-3-5-9/h6-7,9H,1-5,8H2. The fourth-order valence-corrected chi connectivity index (χ4v) is 2.49. The molecule has 0 aromatic heterocycles. The molecule has 0 heterocycles. The molecule has 17 heavy (non-hydrogen) atoms. The van der Waals surface area contributed by atoms with Gasteiger partial charge in [0.2, 0.25) is 0 Å². The van der Waals surface area contributed by atoms with Crippen molar-refractivity contribution in [3.8, 4) is 5.75 Å². The molecule has 0 bridgehead atoms. The molecule has 1 aliphatic carbocycles. The first kappa shape index (κ1) is 12.8. The summed E-state index contributed by atoms with van der Waals surface area (Å²) in [7, 11) is 0. The third kappa shape index (κ3) is 3.41. The minimum Gasteiger partial charge on any atom is -0.490 e. The average Bonchev–Trinajstić information content (AvgIpc) is 2.33. The number of hydrogen-bond acceptors (Lipinski definition) is 1. The Morgan fingerprint density at radius 2 is 1.82 bits per heavy atom. The van der Waals surface area contributed by atoms with Crippen LogP contribution in [0.4, 0.5) is 8.78 Å². The first-order valence-corrected chi connectivity index (χ1v) is 6.73. The number of benzene rings is 1. The summed E-state index contributed by atoms with van der Waals surface area (Å²) >= 11 is 2.94. The largest absolute Gasteiger partial charge is 0.490 e. The molecule has 0 radical (unpaired) electrons. The number of rotatable bonds is 3. The second-order valence-corrected chi connectivity index (χ2v) is 5.37. The molecule has 0 N–H and O–H groups in total. The summed E-state index contributed by atoms with van der Waals surface area (Å²) in [5.41, 5.74) is 0.